The van der Waals surface area contributed by atoms with Crippen molar-refractivity contribution in [3.63, 3.8) is 0 Å². The first-order chi connectivity index (χ1) is 11.6. The number of pyridine rings is 1. The van der Waals surface area contributed by atoms with Gasteiger partial charge in [0.15, 0.2) is 0 Å². The lowest BCUT2D eigenvalue weighted by molar-refractivity contribution is 0.0957. The fourth-order valence-corrected chi connectivity index (χ4v) is 3.17. The number of nitriles is 1. The molecule has 3 rings (SSSR count). The second-order valence-corrected chi connectivity index (χ2v) is 5.99. The van der Waals surface area contributed by atoms with E-state index in [9.17, 15) is 4.79 Å². The molecule has 0 radical (unpaired) electrons. The number of rotatable bonds is 3. The molecule has 1 N–H and O–H groups in total. The Kier molecular flexibility index (Phi) is 4.67. The molecule has 0 spiro atoms. The molecule has 2 aromatic rings. The largest absolute Gasteiger partial charge is 0.354 e. The number of piperidine rings is 1. The average molecular weight is 345 g/mol. The zero-order chi connectivity index (χ0) is 17.1. The molecular weight excluding hydrogens is 328 g/mol. The maximum absolute atomic E-state index is 11.7. The number of amides is 1. The number of nitrogens with one attached hydrogen (secondary N) is 1. The highest BCUT2D eigenvalue weighted by atomic mass is 35.5. The second kappa shape index (κ2) is 6.89. The summed E-state index contributed by atoms with van der Waals surface area (Å²) in [7, 11) is 1.58. The van der Waals surface area contributed by atoms with Crippen molar-refractivity contribution in [2.75, 3.05) is 25.0 Å². The molecule has 1 atom stereocenters. The van der Waals surface area contributed by atoms with Crippen molar-refractivity contribution in [3.8, 4) is 6.07 Å². The van der Waals surface area contributed by atoms with Crippen LogP contribution in [-0.4, -0.2) is 40.8 Å². The van der Waals surface area contributed by atoms with Crippen LogP contribution in [0.4, 0.5) is 5.82 Å². The number of aromatic nitrogens is 3. The van der Waals surface area contributed by atoms with Gasteiger partial charge in [-0.2, -0.15) is 10.4 Å². The number of nitrogens with zero attached hydrogens (tertiary/aromatic N) is 5. The monoisotopic (exact) mass is 344 g/mol. The molecule has 0 aromatic carbocycles. The Balaban J connectivity index is 1.81. The minimum absolute atomic E-state index is 0.126. The summed E-state index contributed by atoms with van der Waals surface area (Å²) in [6.07, 6.45) is 5.33. The quantitative estimate of drug-likeness (QED) is 0.920. The maximum atomic E-state index is 11.7. The molecule has 1 saturated heterocycles. The van der Waals surface area contributed by atoms with Crippen LogP contribution in [0.25, 0.3) is 0 Å². The molecule has 0 saturated carbocycles. The van der Waals surface area contributed by atoms with E-state index in [1.165, 1.54) is 0 Å². The normalized spacial score (nSPS) is 17.4. The number of halogens is 1. The summed E-state index contributed by atoms with van der Waals surface area (Å²) in [5.74, 6) is 0.423. The Morgan fingerprint density at radius 1 is 1.50 bits per heavy atom. The predicted molar refractivity (Wildman–Crippen MR) is 90.1 cm³/mol. The summed E-state index contributed by atoms with van der Waals surface area (Å²) in [5, 5.41) is 16.4. The van der Waals surface area contributed by atoms with Crippen molar-refractivity contribution >= 4 is 23.3 Å². The summed E-state index contributed by atoms with van der Waals surface area (Å²) in [5.41, 5.74) is 0.821. The summed E-state index contributed by atoms with van der Waals surface area (Å²) in [6, 6.07) is 5.52. The molecule has 3 heterocycles. The van der Waals surface area contributed by atoms with Crippen LogP contribution in [0.2, 0.25) is 5.02 Å². The van der Waals surface area contributed by atoms with E-state index >= 15 is 0 Å². The molecule has 1 fully saturated rings. The Bertz CT molecular complexity index is 796. The van der Waals surface area contributed by atoms with Gasteiger partial charge in [0.1, 0.15) is 22.6 Å². The van der Waals surface area contributed by atoms with E-state index in [1.54, 1.807) is 25.4 Å². The van der Waals surface area contributed by atoms with Crippen LogP contribution in [0.3, 0.4) is 0 Å². The first kappa shape index (κ1) is 16.3. The molecule has 124 valence electrons. The van der Waals surface area contributed by atoms with Crippen molar-refractivity contribution in [1.82, 2.24) is 20.1 Å². The molecule has 1 aliphatic rings. The summed E-state index contributed by atoms with van der Waals surface area (Å²) in [6.45, 7) is 1.50. The van der Waals surface area contributed by atoms with Gasteiger partial charge in [0.05, 0.1) is 11.6 Å². The Morgan fingerprint density at radius 2 is 2.33 bits per heavy atom. The predicted octanol–water partition coefficient (Wildman–Crippen LogP) is 2.00. The molecule has 8 heteroatoms. The fraction of sp³-hybridized carbons (Fsp3) is 0.375. The van der Waals surface area contributed by atoms with Crippen LogP contribution < -0.4 is 10.2 Å². The number of hydrogen-bond acceptors (Lipinski definition) is 5. The standard InChI is InChI=1S/C16H17ClN6O/c1-19-16(24)13-5-8-23(21-13)12-3-2-7-22(10-12)15-14(17)11(9-18)4-6-20-15/h4-6,8,12H,2-3,7,10H2,1H3,(H,19,24)/t12-/m0/s1. The van der Waals surface area contributed by atoms with Crippen LogP contribution in [0.5, 0.6) is 0 Å². The lowest BCUT2D eigenvalue weighted by atomic mass is 10.1. The third-order valence-corrected chi connectivity index (χ3v) is 4.50. The summed E-state index contributed by atoms with van der Waals surface area (Å²) < 4.78 is 1.82. The Morgan fingerprint density at radius 3 is 3.08 bits per heavy atom. The van der Waals surface area contributed by atoms with Gasteiger partial charge in [-0.25, -0.2) is 4.98 Å². The Hall–Kier alpha value is -2.59. The highest BCUT2D eigenvalue weighted by molar-refractivity contribution is 6.34. The molecule has 0 unspecified atom stereocenters. The molecule has 1 aliphatic heterocycles. The van der Waals surface area contributed by atoms with Gasteiger partial charge in [-0.15, -0.1) is 0 Å². The van der Waals surface area contributed by atoms with Gasteiger partial charge in [0, 0.05) is 32.5 Å². The molecule has 0 bridgehead atoms. The lowest BCUT2D eigenvalue weighted by Gasteiger charge is -2.34. The van der Waals surface area contributed by atoms with Crippen molar-refractivity contribution < 1.29 is 4.79 Å². The number of anilines is 1. The first-order valence-corrected chi connectivity index (χ1v) is 8.08. The van der Waals surface area contributed by atoms with E-state index in [1.807, 2.05) is 10.9 Å². The van der Waals surface area contributed by atoms with Gasteiger partial charge in [0.2, 0.25) is 0 Å². The number of hydrogen-bond donors (Lipinski definition) is 1. The zero-order valence-electron chi connectivity index (χ0n) is 13.2. The Labute approximate surface area is 144 Å². The van der Waals surface area contributed by atoms with Crippen molar-refractivity contribution in [2.24, 2.45) is 0 Å². The number of carbonyl (C=O) groups excluding carboxylic acids is 1. The van der Waals surface area contributed by atoms with Gasteiger partial charge in [0.25, 0.3) is 5.91 Å². The molecule has 1 amide bonds. The van der Waals surface area contributed by atoms with Crippen LogP contribution in [0.15, 0.2) is 24.5 Å². The van der Waals surface area contributed by atoms with Gasteiger partial charge in [-0.1, -0.05) is 11.6 Å². The smallest absolute Gasteiger partial charge is 0.271 e. The van der Waals surface area contributed by atoms with Crippen molar-refractivity contribution in [2.45, 2.75) is 18.9 Å². The third-order valence-electron chi connectivity index (χ3n) is 4.13. The molecule has 24 heavy (non-hydrogen) atoms. The lowest BCUT2D eigenvalue weighted by Crippen LogP contribution is -2.37. The van der Waals surface area contributed by atoms with E-state index in [0.29, 0.717) is 28.6 Å². The summed E-state index contributed by atoms with van der Waals surface area (Å²) >= 11 is 6.30. The van der Waals surface area contributed by atoms with Crippen molar-refractivity contribution in [3.05, 3.63) is 40.8 Å². The third kappa shape index (κ3) is 3.05. The van der Waals surface area contributed by atoms with Crippen LogP contribution in [0.1, 0.15) is 34.9 Å². The molecule has 0 aliphatic carbocycles. The molecular formula is C16H17ClN6O. The first-order valence-electron chi connectivity index (χ1n) is 7.71. The van der Waals surface area contributed by atoms with E-state index in [4.69, 9.17) is 16.9 Å². The molecule has 2 aromatic heterocycles. The van der Waals surface area contributed by atoms with E-state index in [2.05, 4.69) is 26.4 Å². The summed E-state index contributed by atoms with van der Waals surface area (Å²) in [4.78, 5) is 18.1. The average Bonchev–Trinajstić information content (AvgIpc) is 3.11. The SMILES string of the molecule is CNC(=O)c1ccn([C@H]2CCCN(c3nccc(C#N)c3Cl)C2)n1. The number of carbonyl (C=O) groups is 1. The van der Waals surface area contributed by atoms with Crippen molar-refractivity contribution in [1.29, 1.82) is 5.26 Å². The van der Waals surface area contributed by atoms with E-state index in [0.717, 1.165) is 19.4 Å². The highest BCUT2D eigenvalue weighted by Crippen LogP contribution is 2.31. The minimum atomic E-state index is -0.201. The van der Waals surface area contributed by atoms with Gasteiger partial charge in [-0.3, -0.25) is 9.48 Å². The van der Waals surface area contributed by atoms with Gasteiger partial charge >= 0.3 is 0 Å². The van der Waals surface area contributed by atoms with E-state index in [-0.39, 0.29) is 11.9 Å². The zero-order valence-corrected chi connectivity index (χ0v) is 14.0. The molecule has 7 nitrogen and oxygen atoms in total. The minimum Gasteiger partial charge on any atom is -0.354 e. The highest BCUT2D eigenvalue weighted by Gasteiger charge is 2.25. The van der Waals surface area contributed by atoms with E-state index < -0.39 is 0 Å². The topological polar surface area (TPSA) is 86.8 Å². The second-order valence-electron chi connectivity index (χ2n) is 5.61. The van der Waals surface area contributed by atoms with Crippen LogP contribution in [0, 0.1) is 11.3 Å². The van der Waals surface area contributed by atoms with Gasteiger partial charge < -0.3 is 10.2 Å². The maximum Gasteiger partial charge on any atom is 0.271 e. The fourth-order valence-electron chi connectivity index (χ4n) is 2.89. The van der Waals surface area contributed by atoms with Gasteiger partial charge in [-0.05, 0) is 25.0 Å². The van der Waals surface area contributed by atoms with Crippen LogP contribution in [-0.2, 0) is 0 Å². The van der Waals surface area contributed by atoms with Crippen LogP contribution >= 0.6 is 11.6 Å².